The van der Waals surface area contributed by atoms with Gasteiger partial charge < -0.3 is 10.1 Å². The second-order valence-corrected chi connectivity index (χ2v) is 4.69. The van der Waals surface area contributed by atoms with Gasteiger partial charge in [-0.3, -0.25) is 15.0 Å². The predicted octanol–water partition coefficient (Wildman–Crippen LogP) is 1.27. The molecule has 1 saturated heterocycles. The Balaban J connectivity index is 1.82. The number of non-ortho nitro benzene ring substituents is 1. The van der Waals surface area contributed by atoms with Crippen LogP contribution in [0.15, 0.2) is 24.3 Å². The highest BCUT2D eigenvalue weighted by molar-refractivity contribution is 5.37. The summed E-state index contributed by atoms with van der Waals surface area (Å²) in [4.78, 5) is 12.6. The molecule has 1 heterocycles. The minimum absolute atomic E-state index is 0.0630. The molecule has 2 rings (SSSR count). The van der Waals surface area contributed by atoms with Crippen LogP contribution in [0.25, 0.3) is 0 Å². The lowest BCUT2D eigenvalue weighted by molar-refractivity contribution is -0.384. The lowest BCUT2D eigenvalue weighted by Gasteiger charge is -2.33. The molecule has 1 N–H and O–H groups in total. The van der Waals surface area contributed by atoms with Gasteiger partial charge in [-0.15, -0.1) is 0 Å². The summed E-state index contributed by atoms with van der Waals surface area (Å²) in [7, 11) is 0. The van der Waals surface area contributed by atoms with Crippen LogP contribution in [-0.4, -0.2) is 48.7 Å². The highest BCUT2D eigenvalue weighted by atomic mass is 16.6. The summed E-state index contributed by atoms with van der Waals surface area (Å²) in [6.45, 7) is 6.58. The van der Waals surface area contributed by atoms with Crippen LogP contribution in [0.3, 0.4) is 0 Å². The molecule has 19 heavy (non-hydrogen) atoms. The summed E-state index contributed by atoms with van der Waals surface area (Å²) in [5, 5.41) is 14.0. The quantitative estimate of drug-likeness (QED) is 0.641. The number of piperazine rings is 1. The van der Waals surface area contributed by atoms with Crippen molar-refractivity contribution in [2.24, 2.45) is 0 Å². The Morgan fingerprint density at radius 3 is 3.16 bits per heavy atom. The molecule has 1 aliphatic rings. The van der Waals surface area contributed by atoms with E-state index in [1.54, 1.807) is 12.1 Å². The average Bonchev–Trinajstić information content (AvgIpc) is 2.41. The Morgan fingerprint density at radius 1 is 1.58 bits per heavy atom. The maximum atomic E-state index is 10.7. The molecule has 0 saturated carbocycles. The van der Waals surface area contributed by atoms with Gasteiger partial charge in [-0.05, 0) is 13.0 Å². The molecule has 0 amide bonds. The zero-order valence-corrected chi connectivity index (χ0v) is 11.0. The molecular weight excluding hydrogens is 246 g/mol. The number of benzene rings is 1. The predicted molar refractivity (Wildman–Crippen MR) is 72.5 cm³/mol. The van der Waals surface area contributed by atoms with Crippen LogP contribution in [0.1, 0.15) is 6.92 Å². The van der Waals surface area contributed by atoms with Crippen molar-refractivity contribution < 1.29 is 9.66 Å². The minimum Gasteiger partial charge on any atom is -0.492 e. The van der Waals surface area contributed by atoms with E-state index >= 15 is 0 Å². The molecule has 0 aromatic heterocycles. The number of nitrogens with one attached hydrogen (secondary N) is 1. The molecule has 6 nitrogen and oxygen atoms in total. The van der Waals surface area contributed by atoms with Crippen LogP contribution in [-0.2, 0) is 0 Å². The Morgan fingerprint density at radius 2 is 2.42 bits per heavy atom. The van der Waals surface area contributed by atoms with E-state index in [2.05, 4.69) is 17.1 Å². The van der Waals surface area contributed by atoms with Gasteiger partial charge in [-0.25, -0.2) is 0 Å². The summed E-state index contributed by atoms with van der Waals surface area (Å²) in [5.41, 5.74) is 0.0630. The topological polar surface area (TPSA) is 67.6 Å². The van der Waals surface area contributed by atoms with Crippen molar-refractivity contribution in [2.75, 3.05) is 32.8 Å². The number of ether oxygens (including phenoxy) is 1. The number of nitro benzene ring substituents is 1. The second kappa shape index (κ2) is 6.49. The highest BCUT2D eigenvalue weighted by Crippen LogP contribution is 2.19. The summed E-state index contributed by atoms with van der Waals surface area (Å²) in [6.07, 6.45) is 0. The van der Waals surface area contributed by atoms with Gasteiger partial charge in [-0.2, -0.15) is 0 Å². The van der Waals surface area contributed by atoms with E-state index in [-0.39, 0.29) is 5.69 Å². The van der Waals surface area contributed by atoms with Crippen molar-refractivity contribution in [2.45, 2.75) is 13.0 Å². The summed E-state index contributed by atoms with van der Waals surface area (Å²) in [6, 6.07) is 6.81. The number of hydrogen-bond acceptors (Lipinski definition) is 5. The number of rotatable bonds is 5. The van der Waals surface area contributed by atoms with E-state index in [1.165, 1.54) is 12.1 Å². The van der Waals surface area contributed by atoms with Gasteiger partial charge in [0.25, 0.3) is 5.69 Å². The van der Waals surface area contributed by atoms with Crippen LogP contribution >= 0.6 is 0 Å². The van der Waals surface area contributed by atoms with Crippen molar-refractivity contribution in [3.8, 4) is 5.75 Å². The van der Waals surface area contributed by atoms with Crippen LogP contribution in [0, 0.1) is 10.1 Å². The van der Waals surface area contributed by atoms with Gasteiger partial charge in [-0.1, -0.05) is 6.07 Å². The zero-order chi connectivity index (χ0) is 13.7. The molecule has 1 fully saturated rings. The van der Waals surface area contributed by atoms with Gasteiger partial charge in [0.05, 0.1) is 11.0 Å². The number of nitro groups is 1. The standard InChI is InChI=1S/C13H19N3O3/c1-11-10-14-5-6-15(11)7-8-19-13-4-2-3-12(9-13)16(17)18/h2-4,9,11,14H,5-8,10H2,1H3. The van der Waals surface area contributed by atoms with Crippen molar-refractivity contribution in [3.63, 3.8) is 0 Å². The first-order chi connectivity index (χ1) is 9.16. The van der Waals surface area contributed by atoms with E-state index in [0.717, 1.165) is 26.2 Å². The molecule has 1 aromatic rings. The summed E-state index contributed by atoms with van der Waals surface area (Å²) in [5.74, 6) is 0.553. The van der Waals surface area contributed by atoms with Gasteiger partial charge >= 0.3 is 0 Å². The van der Waals surface area contributed by atoms with Crippen LogP contribution in [0.5, 0.6) is 5.75 Å². The van der Waals surface area contributed by atoms with E-state index in [0.29, 0.717) is 18.4 Å². The summed E-state index contributed by atoms with van der Waals surface area (Å²) >= 11 is 0. The fourth-order valence-electron chi connectivity index (χ4n) is 2.18. The van der Waals surface area contributed by atoms with Gasteiger partial charge in [0.2, 0.25) is 0 Å². The van der Waals surface area contributed by atoms with E-state index < -0.39 is 4.92 Å². The molecule has 1 aliphatic heterocycles. The third kappa shape index (κ3) is 3.90. The molecule has 0 aliphatic carbocycles. The molecule has 1 unspecified atom stereocenters. The first-order valence-corrected chi connectivity index (χ1v) is 6.49. The SMILES string of the molecule is CC1CNCCN1CCOc1cccc([N+](=O)[O-])c1. The van der Waals surface area contributed by atoms with Crippen LogP contribution < -0.4 is 10.1 Å². The first-order valence-electron chi connectivity index (χ1n) is 6.49. The third-order valence-corrected chi connectivity index (χ3v) is 3.31. The number of hydrogen-bond donors (Lipinski definition) is 1. The van der Waals surface area contributed by atoms with Gasteiger partial charge in [0.15, 0.2) is 0 Å². The fraction of sp³-hybridized carbons (Fsp3) is 0.538. The molecule has 0 bridgehead atoms. The van der Waals surface area contributed by atoms with E-state index in [9.17, 15) is 10.1 Å². The van der Waals surface area contributed by atoms with E-state index in [1.807, 2.05) is 0 Å². The average molecular weight is 265 g/mol. The Hall–Kier alpha value is -1.66. The smallest absolute Gasteiger partial charge is 0.273 e. The van der Waals surface area contributed by atoms with Gasteiger partial charge in [0.1, 0.15) is 12.4 Å². The number of nitrogens with zero attached hydrogens (tertiary/aromatic N) is 2. The monoisotopic (exact) mass is 265 g/mol. The highest BCUT2D eigenvalue weighted by Gasteiger charge is 2.17. The maximum Gasteiger partial charge on any atom is 0.273 e. The van der Waals surface area contributed by atoms with Crippen molar-refractivity contribution >= 4 is 5.69 Å². The maximum absolute atomic E-state index is 10.7. The molecule has 0 spiro atoms. The fourth-order valence-corrected chi connectivity index (χ4v) is 2.18. The molecule has 104 valence electrons. The zero-order valence-electron chi connectivity index (χ0n) is 11.0. The molecular formula is C13H19N3O3. The van der Waals surface area contributed by atoms with Crippen molar-refractivity contribution in [1.29, 1.82) is 0 Å². The first kappa shape index (κ1) is 13.8. The van der Waals surface area contributed by atoms with E-state index in [4.69, 9.17) is 4.74 Å². The Labute approximate surface area is 112 Å². The summed E-state index contributed by atoms with van der Waals surface area (Å²) < 4.78 is 5.58. The lowest BCUT2D eigenvalue weighted by atomic mass is 10.2. The Kier molecular flexibility index (Phi) is 4.70. The van der Waals surface area contributed by atoms with Crippen LogP contribution in [0.4, 0.5) is 5.69 Å². The largest absolute Gasteiger partial charge is 0.492 e. The normalized spacial score (nSPS) is 20.2. The lowest BCUT2D eigenvalue weighted by Crippen LogP contribution is -2.50. The minimum atomic E-state index is -0.411. The second-order valence-electron chi connectivity index (χ2n) is 4.69. The van der Waals surface area contributed by atoms with Gasteiger partial charge in [0, 0.05) is 38.3 Å². The third-order valence-electron chi connectivity index (χ3n) is 3.31. The molecule has 0 radical (unpaired) electrons. The molecule has 6 heteroatoms. The van der Waals surface area contributed by atoms with Crippen molar-refractivity contribution in [3.05, 3.63) is 34.4 Å². The van der Waals surface area contributed by atoms with Crippen molar-refractivity contribution in [1.82, 2.24) is 10.2 Å². The molecule has 1 atom stereocenters. The van der Waals surface area contributed by atoms with Crippen LogP contribution in [0.2, 0.25) is 0 Å². The molecule has 1 aromatic carbocycles. The Bertz CT molecular complexity index is 439.